The largest absolute Gasteiger partial charge is 0.387 e. The van der Waals surface area contributed by atoms with Crippen LogP contribution in [0.25, 0.3) is 10.9 Å². The second-order valence-electron chi connectivity index (χ2n) is 4.80. The van der Waals surface area contributed by atoms with Crippen LogP contribution in [-0.4, -0.2) is 9.67 Å². The highest BCUT2D eigenvalue weighted by Crippen LogP contribution is 2.30. The van der Waals surface area contributed by atoms with E-state index in [0.717, 1.165) is 23.9 Å². The summed E-state index contributed by atoms with van der Waals surface area (Å²) in [5.74, 6) is 6.12. The van der Waals surface area contributed by atoms with E-state index in [0.29, 0.717) is 0 Å². The van der Waals surface area contributed by atoms with E-state index < -0.39 is 6.10 Å². The van der Waals surface area contributed by atoms with Crippen LogP contribution in [-0.2, 0) is 6.54 Å². The van der Waals surface area contributed by atoms with Crippen LogP contribution in [0.4, 0.5) is 0 Å². The smallest absolute Gasteiger partial charge is 0.0945 e. The van der Waals surface area contributed by atoms with Crippen molar-refractivity contribution < 1.29 is 5.11 Å². The number of aliphatic hydroxyl groups is 1. The summed E-state index contributed by atoms with van der Waals surface area (Å²) >= 11 is 0. The Morgan fingerprint density at radius 3 is 2.68 bits per heavy atom. The van der Waals surface area contributed by atoms with Crippen LogP contribution in [0, 0.1) is 17.8 Å². The van der Waals surface area contributed by atoms with Gasteiger partial charge in [0, 0.05) is 41.5 Å². The van der Waals surface area contributed by atoms with Crippen LogP contribution in [0.15, 0.2) is 30.5 Å². The fourth-order valence-corrected chi connectivity index (χ4v) is 2.38. The van der Waals surface area contributed by atoms with Crippen LogP contribution in [0.2, 0.25) is 0 Å². The van der Waals surface area contributed by atoms with Crippen molar-refractivity contribution in [3.05, 3.63) is 36.0 Å². The molecule has 0 amide bonds. The third kappa shape index (κ3) is 2.67. The van der Waals surface area contributed by atoms with E-state index in [2.05, 4.69) is 41.7 Å². The molecular weight excluding hydrogens is 234 g/mol. The zero-order chi connectivity index (χ0) is 13.8. The van der Waals surface area contributed by atoms with E-state index in [-0.39, 0.29) is 5.92 Å². The summed E-state index contributed by atoms with van der Waals surface area (Å²) in [5, 5.41) is 11.6. The molecule has 0 saturated heterocycles. The van der Waals surface area contributed by atoms with E-state index in [1.54, 1.807) is 0 Å². The number of hydrogen-bond donors (Lipinski definition) is 1. The molecule has 2 rings (SSSR count). The van der Waals surface area contributed by atoms with Crippen LogP contribution < -0.4 is 0 Å². The summed E-state index contributed by atoms with van der Waals surface area (Å²) in [5.41, 5.74) is 2.16. The average Bonchev–Trinajstić information content (AvgIpc) is 2.82. The quantitative estimate of drug-likeness (QED) is 0.830. The highest BCUT2D eigenvalue weighted by Gasteiger charge is 2.19. The average molecular weight is 255 g/mol. The lowest BCUT2D eigenvalue weighted by Gasteiger charge is -2.13. The van der Waals surface area contributed by atoms with Gasteiger partial charge in [0.05, 0.1) is 6.10 Å². The molecule has 1 N–H and O–H groups in total. The van der Waals surface area contributed by atoms with Crippen molar-refractivity contribution in [1.82, 2.24) is 4.57 Å². The molecule has 2 nitrogen and oxygen atoms in total. The van der Waals surface area contributed by atoms with Crippen molar-refractivity contribution in [3.63, 3.8) is 0 Å². The molecule has 0 aliphatic carbocycles. The van der Waals surface area contributed by atoms with Crippen LogP contribution >= 0.6 is 0 Å². The summed E-state index contributed by atoms with van der Waals surface area (Å²) in [6.45, 7) is 7.02. The lowest BCUT2D eigenvalue weighted by atomic mass is 9.97. The van der Waals surface area contributed by atoms with Gasteiger partial charge in [-0.05, 0) is 19.9 Å². The standard InChI is InChI=1S/C17H21NO/c1-4-6-9-13(3)17(19)15-12-18(5-2)16-11-8-7-10-14(15)16/h7-8,10-13,17,19H,4-5H2,1-3H3. The van der Waals surface area contributed by atoms with E-state index in [4.69, 9.17) is 0 Å². The van der Waals surface area contributed by atoms with Crippen molar-refractivity contribution in [2.45, 2.75) is 39.8 Å². The van der Waals surface area contributed by atoms with Gasteiger partial charge >= 0.3 is 0 Å². The number of para-hydroxylation sites is 1. The number of benzene rings is 1. The number of rotatable bonds is 3. The third-order valence-electron chi connectivity index (χ3n) is 3.46. The van der Waals surface area contributed by atoms with Crippen LogP contribution in [0.5, 0.6) is 0 Å². The maximum Gasteiger partial charge on any atom is 0.0945 e. The Morgan fingerprint density at radius 1 is 1.26 bits per heavy atom. The van der Waals surface area contributed by atoms with Gasteiger partial charge in [-0.3, -0.25) is 0 Å². The lowest BCUT2D eigenvalue weighted by molar-refractivity contribution is 0.145. The van der Waals surface area contributed by atoms with Gasteiger partial charge in [-0.2, -0.15) is 0 Å². The Balaban J connectivity index is 2.44. The third-order valence-corrected chi connectivity index (χ3v) is 3.46. The number of hydrogen-bond acceptors (Lipinski definition) is 1. The number of fused-ring (bicyclic) bond motifs is 1. The first-order valence-electron chi connectivity index (χ1n) is 6.93. The number of aliphatic hydroxyl groups excluding tert-OH is 1. The van der Waals surface area contributed by atoms with Crippen molar-refractivity contribution >= 4 is 10.9 Å². The normalized spacial score (nSPS) is 13.9. The molecule has 0 bridgehead atoms. The van der Waals surface area contributed by atoms with Crippen molar-refractivity contribution in [1.29, 1.82) is 0 Å². The van der Waals surface area contributed by atoms with Crippen molar-refractivity contribution in [3.8, 4) is 11.8 Å². The van der Waals surface area contributed by atoms with E-state index >= 15 is 0 Å². The number of nitrogens with zero attached hydrogens (tertiary/aromatic N) is 1. The molecule has 0 spiro atoms. The fourth-order valence-electron chi connectivity index (χ4n) is 2.38. The zero-order valence-corrected chi connectivity index (χ0v) is 11.9. The molecule has 19 heavy (non-hydrogen) atoms. The minimum absolute atomic E-state index is 0.0453. The molecule has 0 saturated carbocycles. The minimum Gasteiger partial charge on any atom is -0.387 e. The Morgan fingerprint density at radius 2 is 2.00 bits per heavy atom. The Hall–Kier alpha value is -1.72. The highest BCUT2D eigenvalue weighted by molar-refractivity contribution is 5.84. The number of aromatic nitrogens is 1. The fraction of sp³-hybridized carbons (Fsp3) is 0.412. The summed E-state index contributed by atoms with van der Waals surface area (Å²) < 4.78 is 2.17. The van der Waals surface area contributed by atoms with E-state index in [9.17, 15) is 5.11 Å². The molecule has 0 fully saturated rings. The van der Waals surface area contributed by atoms with Gasteiger partial charge in [-0.15, -0.1) is 5.92 Å². The molecule has 100 valence electrons. The van der Waals surface area contributed by atoms with Crippen LogP contribution in [0.1, 0.15) is 38.9 Å². The summed E-state index contributed by atoms with van der Waals surface area (Å²) in [4.78, 5) is 0. The predicted molar refractivity (Wildman–Crippen MR) is 79.8 cm³/mol. The van der Waals surface area contributed by atoms with E-state index in [1.807, 2.05) is 26.0 Å². The van der Waals surface area contributed by atoms with Gasteiger partial charge in [0.15, 0.2) is 0 Å². The molecule has 0 aliphatic heterocycles. The molecule has 0 radical (unpaired) electrons. The molecule has 1 aromatic heterocycles. The second kappa shape index (κ2) is 5.95. The Labute approximate surface area is 115 Å². The molecule has 2 atom stereocenters. The zero-order valence-electron chi connectivity index (χ0n) is 11.9. The van der Waals surface area contributed by atoms with E-state index in [1.165, 1.54) is 5.52 Å². The predicted octanol–water partition coefficient (Wildman–Crippen LogP) is 3.74. The van der Waals surface area contributed by atoms with Gasteiger partial charge in [0.25, 0.3) is 0 Å². The first kappa shape index (κ1) is 13.7. The summed E-state index contributed by atoms with van der Waals surface area (Å²) in [6.07, 6.45) is 2.35. The lowest BCUT2D eigenvalue weighted by Crippen LogP contribution is -2.06. The first-order valence-corrected chi connectivity index (χ1v) is 6.93. The molecular formula is C17H21NO. The monoisotopic (exact) mass is 255 g/mol. The van der Waals surface area contributed by atoms with Gasteiger partial charge in [-0.25, -0.2) is 0 Å². The molecule has 1 heterocycles. The van der Waals surface area contributed by atoms with Gasteiger partial charge in [0.2, 0.25) is 0 Å². The Bertz CT molecular complexity index is 615. The van der Waals surface area contributed by atoms with Crippen molar-refractivity contribution in [2.75, 3.05) is 0 Å². The van der Waals surface area contributed by atoms with Gasteiger partial charge in [-0.1, -0.05) is 31.0 Å². The van der Waals surface area contributed by atoms with Crippen molar-refractivity contribution in [2.24, 2.45) is 5.92 Å². The molecule has 1 aromatic carbocycles. The minimum atomic E-state index is -0.531. The van der Waals surface area contributed by atoms with Gasteiger partial charge in [0.1, 0.15) is 0 Å². The van der Waals surface area contributed by atoms with Crippen LogP contribution in [0.3, 0.4) is 0 Å². The second-order valence-corrected chi connectivity index (χ2v) is 4.80. The molecule has 0 aliphatic rings. The molecule has 2 heteroatoms. The SMILES string of the molecule is CCC#CC(C)C(O)c1cn(CC)c2ccccc12. The number of aryl methyl sites for hydroxylation is 1. The molecule has 2 aromatic rings. The molecule has 2 unspecified atom stereocenters. The summed E-state index contributed by atoms with van der Waals surface area (Å²) in [7, 11) is 0. The Kier molecular flexibility index (Phi) is 4.29. The topological polar surface area (TPSA) is 25.2 Å². The maximum absolute atomic E-state index is 10.5. The van der Waals surface area contributed by atoms with Gasteiger partial charge < -0.3 is 9.67 Å². The first-order chi connectivity index (χ1) is 9.19. The highest BCUT2D eigenvalue weighted by atomic mass is 16.3. The maximum atomic E-state index is 10.5. The summed E-state index contributed by atoms with van der Waals surface area (Å²) in [6, 6.07) is 8.21.